The van der Waals surface area contributed by atoms with E-state index in [-0.39, 0.29) is 18.2 Å². The molecular formula is C20H22N2O3. The average Bonchev–Trinajstić information content (AvgIpc) is 2.97. The molecule has 1 amide bonds. The Morgan fingerprint density at radius 1 is 1.32 bits per heavy atom. The topological polar surface area (TPSA) is 50.8 Å². The Morgan fingerprint density at radius 3 is 2.92 bits per heavy atom. The zero-order valence-electron chi connectivity index (χ0n) is 14.7. The second-order valence-corrected chi connectivity index (χ2v) is 6.57. The summed E-state index contributed by atoms with van der Waals surface area (Å²) in [4.78, 5) is 14.6. The monoisotopic (exact) mass is 338 g/mol. The molecule has 25 heavy (non-hydrogen) atoms. The zero-order chi connectivity index (χ0) is 17.6. The van der Waals surface area contributed by atoms with Crippen LogP contribution >= 0.6 is 0 Å². The van der Waals surface area contributed by atoms with Crippen molar-refractivity contribution in [3.05, 3.63) is 53.1 Å². The van der Waals surface area contributed by atoms with Crippen molar-refractivity contribution < 1.29 is 14.3 Å². The summed E-state index contributed by atoms with van der Waals surface area (Å²) in [6.07, 6.45) is 0.749. The normalized spacial score (nSPS) is 21.2. The van der Waals surface area contributed by atoms with Crippen LogP contribution in [0.25, 0.3) is 0 Å². The highest BCUT2D eigenvalue weighted by atomic mass is 16.5. The van der Waals surface area contributed by atoms with Gasteiger partial charge in [-0.05, 0) is 38.1 Å². The van der Waals surface area contributed by atoms with E-state index in [4.69, 9.17) is 9.47 Å². The quantitative estimate of drug-likeness (QED) is 0.933. The van der Waals surface area contributed by atoms with Crippen LogP contribution < -0.4 is 19.7 Å². The Hall–Kier alpha value is -2.69. The summed E-state index contributed by atoms with van der Waals surface area (Å²) in [5.41, 5.74) is 3.67. The van der Waals surface area contributed by atoms with Crippen molar-refractivity contribution in [3.8, 4) is 11.5 Å². The average molecular weight is 338 g/mol. The lowest BCUT2D eigenvalue weighted by molar-refractivity contribution is 0.0927. The summed E-state index contributed by atoms with van der Waals surface area (Å²) in [6, 6.07) is 11.7. The fourth-order valence-electron chi connectivity index (χ4n) is 3.65. The predicted molar refractivity (Wildman–Crippen MR) is 96.5 cm³/mol. The Bertz CT molecular complexity index is 834. The Labute approximate surface area is 147 Å². The van der Waals surface area contributed by atoms with Crippen molar-refractivity contribution in [2.24, 2.45) is 0 Å². The maximum Gasteiger partial charge on any atom is 0.255 e. The molecular weight excluding hydrogens is 316 g/mol. The standard InChI is InChI=1S/C20H22N2O3/c1-4-24-18-10-13-9-12(2)25-17(13)11-15(18)19-21-20(23)14-7-5-6-8-16(14)22(19)3/h5-8,10-12,19H,4,9H2,1-3H3,(H,21,23)/t12-,19-/m0/s1. The van der Waals surface area contributed by atoms with Crippen LogP contribution in [0, 0.1) is 0 Å². The van der Waals surface area contributed by atoms with Gasteiger partial charge in [0.05, 0.1) is 17.9 Å². The number of nitrogens with one attached hydrogen (secondary N) is 1. The van der Waals surface area contributed by atoms with Gasteiger partial charge in [0.1, 0.15) is 23.8 Å². The van der Waals surface area contributed by atoms with Crippen LogP contribution in [0.1, 0.15) is 41.5 Å². The van der Waals surface area contributed by atoms with Crippen molar-refractivity contribution in [3.63, 3.8) is 0 Å². The largest absolute Gasteiger partial charge is 0.493 e. The number of ether oxygens (including phenoxy) is 2. The maximum atomic E-state index is 12.6. The maximum absolute atomic E-state index is 12.6. The lowest BCUT2D eigenvalue weighted by Crippen LogP contribution is -2.44. The lowest BCUT2D eigenvalue weighted by Gasteiger charge is -2.37. The number of carbonyl (C=O) groups is 1. The fraction of sp³-hybridized carbons (Fsp3) is 0.350. The van der Waals surface area contributed by atoms with E-state index in [1.54, 1.807) is 0 Å². The van der Waals surface area contributed by atoms with E-state index in [1.807, 2.05) is 44.3 Å². The Balaban J connectivity index is 1.79. The second-order valence-electron chi connectivity index (χ2n) is 6.57. The molecule has 1 N–H and O–H groups in total. The van der Waals surface area contributed by atoms with Crippen LogP contribution in [0.5, 0.6) is 11.5 Å². The summed E-state index contributed by atoms with van der Waals surface area (Å²) in [6.45, 7) is 4.60. The molecule has 0 saturated heterocycles. The second kappa shape index (κ2) is 5.99. The minimum absolute atomic E-state index is 0.0732. The van der Waals surface area contributed by atoms with E-state index < -0.39 is 0 Å². The number of benzene rings is 2. The first kappa shape index (κ1) is 15.8. The molecule has 2 aromatic rings. The number of para-hydroxylation sites is 1. The molecule has 0 bridgehead atoms. The molecule has 5 heteroatoms. The van der Waals surface area contributed by atoms with Crippen LogP contribution in [0.4, 0.5) is 5.69 Å². The van der Waals surface area contributed by atoms with E-state index in [9.17, 15) is 4.79 Å². The SMILES string of the molecule is CCOc1cc2c(cc1[C@H]1NC(=O)c3ccccc3N1C)O[C@@H](C)C2. The lowest BCUT2D eigenvalue weighted by atomic mass is 10.0. The van der Waals surface area contributed by atoms with Gasteiger partial charge in [0, 0.05) is 24.6 Å². The zero-order valence-corrected chi connectivity index (χ0v) is 14.7. The van der Waals surface area contributed by atoms with Gasteiger partial charge in [-0.25, -0.2) is 0 Å². The molecule has 2 atom stereocenters. The van der Waals surface area contributed by atoms with Crippen molar-refractivity contribution in [2.75, 3.05) is 18.6 Å². The number of carbonyl (C=O) groups excluding carboxylic acids is 1. The van der Waals surface area contributed by atoms with E-state index in [2.05, 4.69) is 23.2 Å². The van der Waals surface area contributed by atoms with E-state index >= 15 is 0 Å². The summed E-state index contributed by atoms with van der Waals surface area (Å²) >= 11 is 0. The van der Waals surface area contributed by atoms with Gasteiger partial charge >= 0.3 is 0 Å². The van der Waals surface area contributed by atoms with Crippen LogP contribution in [0.3, 0.4) is 0 Å². The van der Waals surface area contributed by atoms with Gasteiger partial charge in [0.2, 0.25) is 0 Å². The molecule has 0 unspecified atom stereocenters. The molecule has 0 aromatic heterocycles. The molecule has 0 radical (unpaired) electrons. The molecule has 2 heterocycles. The highest BCUT2D eigenvalue weighted by molar-refractivity contribution is 6.02. The molecule has 0 fully saturated rings. The van der Waals surface area contributed by atoms with Crippen molar-refractivity contribution in [1.82, 2.24) is 5.32 Å². The molecule has 130 valence electrons. The summed E-state index contributed by atoms with van der Waals surface area (Å²) in [5.74, 6) is 1.61. The number of fused-ring (bicyclic) bond motifs is 2. The highest BCUT2D eigenvalue weighted by Gasteiger charge is 2.33. The molecule has 0 spiro atoms. The van der Waals surface area contributed by atoms with Gasteiger partial charge in [0.15, 0.2) is 0 Å². The van der Waals surface area contributed by atoms with E-state index in [0.717, 1.165) is 34.7 Å². The Morgan fingerprint density at radius 2 is 2.12 bits per heavy atom. The smallest absolute Gasteiger partial charge is 0.255 e. The third-order valence-corrected chi connectivity index (χ3v) is 4.81. The first-order valence-electron chi connectivity index (χ1n) is 8.67. The van der Waals surface area contributed by atoms with E-state index in [1.165, 1.54) is 0 Å². The number of amides is 1. The molecule has 4 rings (SSSR count). The van der Waals surface area contributed by atoms with Crippen molar-refractivity contribution >= 4 is 11.6 Å². The number of anilines is 1. The van der Waals surface area contributed by atoms with Crippen molar-refractivity contribution in [1.29, 1.82) is 0 Å². The van der Waals surface area contributed by atoms with Gasteiger partial charge in [-0.2, -0.15) is 0 Å². The van der Waals surface area contributed by atoms with Gasteiger partial charge in [-0.15, -0.1) is 0 Å². The number of hydrogen-bond acceptors (Lipinski definition) is 4. The number of nitrogens with zero attached hydrogens (tertiary/aromatic N) is 1. The van der Waals surface area contributed by atoms with Gasteiger partial charge in [0.25, 0.3) is 5.91 Å². The molecule has 2 aliphatic heterocycles. The fourth-order valence-corrected chi connectivity index (χ4v) is 3.65. The van der Waals surface area contributed by atoms with Gasteiger partial charge in [-0.1, -0.05) is 12.1 Å². The van der Waals surface area contributed by atoms with Gasteiger partial charge in [-0.3, -0.25) is 4.79 Å². The summed E-state index contributed by atoms with van der Waals surface area (Å²) in [7, 11) is 1.98. The minimum atomic E-state index is -0.297. The van der Waals surface area contributed by atoms with Crippen LogP contribution in [-0.4, -0.2) is 25.7 Å². The third kappa shape index (κ3) is 2.60. The molecule has 2 aromatic carbocycles. The highest BCUT2D eigenvalue weighted by Crippen LogP contribution is 2.41. The summed E-state index contributed by atoms with van der Waals surface area (Å²) in [5, 5.41) is 3.09. The minimum Gasteiger partial charge on any atom is -0.493 e. The van der Waals surface area contributed by atoms with Crippen LogP contribution in [-0.2, 0) is 6.42 Å². The molecule has 0 saturated carbocycles. The first-order valence-corrected chi connectivity index (χ1v) is 8.67. The third-order valence-electron chi connectivity index (χ3n) is 4.81. The van der Waals surface area contributed by atoms with Crippen LogP contribution in [0.15, 0.2) is 36.4 Å². The Kier molecular flexibility index (Phi) is 3.79. The van der Waals surface area contributed by atoms with E-state index in [0.29, 0.717) is 12.2 Å². The predicted octanol–water partition coefficient (Wildman–Crippen LogP) is 3.29. The van der Waals surface area contributed by atoms with Crippen LogP contribution in [0.2, 0.25) is 0 Å². The molecule has 5 nitrogen and oxygen atoms in total. The summed E-state index contributed by atoms with van der Waals surface area (Å²) < 4.78 is 11.8. The van der Waals surface area contributed by atoms with Crippen molar-refractivity contribution in [2.45, 2.75) is 32.5 Å². The van der Waals surface area contributed by atoms with Gasteiger partial charge < -0.3 is 19.7 Å². The molecule has 2 aliphatic rings. The number of rotatable bonds is 3. The number of hydrogen-bond donors (Lipinski definition) is 1. The first-order chi connectivity index (χ1) is 12.1. The molecule has 0 aliphatic carbocycles.